The monoisotopic (exact) mass is 778 g/mol. The summed E-state index contributed by atoms with van der Waals surface area (Å²) >= 11 is 0. The van der Waals surface area contributed by atoms with E-state index in [4.69, 9.17) is 8.37 Å². The van der Waals surface area contributed by atoms with Gasteiger partial charge in [-0.3, -0.25) is 0 Å². The van der Waals surface area contributed by atoms with Gasteiger partial charge >= 0.3 is 10.4 Å². The minimum atomic E-state index is -4.33. The fraction of sp³-hybridized carbons (Fsp3) is 0.750. The molecule has 0 aromatic heterocycles. The number of hydrogen-bond acceptors (Lipinski definition) is 4. The summed E-state index contributed by atoms with van der Waals surface area (Å²) < 4.78 is 39.4. The summed E-state index contributed by atoms with van der Waals surface area (Å²) in [6, 6.07) is 12.0. The molecular formula is C48H82NaO4S. The first-order chi connectivity index (χ1) is 26.0. The Balaban J connectivity index is 0.0000146. The third kappa shape index (κ3) is 23.9. The predicted molar refractivity (Wildman–Crippen MR) is 236 cm³/mol. The Morgan fingerprint density at radius 3 is 0.926 bits per heavy atom. The molecule has 0 heterocycles. The molecule has 0 unspecified atom stereocenters. The fourth-order valence-electron chi connectivity index (χ4n) is 7.71. The van der Waals surface area contributed by atoms with Gasteiger partial charge < -0.3 is 8.37 Å². The average Bonchev–Trinajstić information content (AvgIpc) is 3.14. The van der Waals surface area contributed by atoms with Gasteiger partial charge in [-0.15, -0.1) is 8.42 Å². The Labute approximate surface area is 357 Å². The molecule has 0 aliphatic rings. The van der Waals surface area contributed by atoms with Crippen molar-refractivity contribution in [2.24, 2.45) is 0 Å². The maximum Gasteiger partial charge on any atom is 0.501 e. The maximum absolute atomic E-state index is 13.8. The van der Waals surface area contributed by atoms with Crippen LogP contribution in [0.1, 0.15) is 230 Å². The molecule has 0 saturated heterocycles. The van der Waals surface area contributed by atoms with E-state index in [2.05, 4.69) is 39.8 Å². The van der Waals surface area contributed by atoms with E-state index in [1.807, 2.05) is 24.3 Å². The van der Waals surface area contributed by atoms with Gasteiger partial charge in [-0.25, -0.2) is 0 Å². The number of unbranched alkanes of at least 4 members (excludes halogenated alkanes) is 24. The minimum absolute atomic E-state index is 0. The zero-order valence-electron chi connectivity index (χ0n) is 36.1. The van der Waals surface area contributed by atoms with Crippen LogP contribution in [-0.4, -0.2) is 38.0 Å². The van der Waals surface area contributed by atoms with Gasteiger partial charge in [0.05, 0.1) is 0 Å². The van der Waals surface area contributed by atoms with E-state index in [1.165, 1.54) is 152 Å². The van der Waals surface area contributed by atoms with E-state index in [0.717, 1.165) is 75.3 Å². The third-order valence-corrected chi connectivity index (χ3v) is 11.8. The summed E-state index contributed by atoms with van der Waals surface area (Å²) in [5, 5.41) is 0. The predicted octanol–water partition coefficient (Wildman–Crippen LogP) is 15.2. The Bertz CT molecular complexity index is 1190. The van der Waals surface area contributed by atoms with Crippen molar-refractivity contribution in [3.05, 3.63) is 58.7 Å². The molecule has 0 saturated carbocycles. The minimum Gasteiger partial charge on any atom is -0.353 e. The van der Waals surface area contributed by atoms with E-state index in [-0.39, 0.29) is 29.6 Å². The molecule has 0 N–H and O–H groups in total. The Kier molecular flexibility index (Phi) is 32.2. The molecule has 4 nitrogen and oxygen atoms in total. The molecule has 1 radical (unpaired) electrons. The van der Waals surface area contributed by atoms with Crippen LogP contribution in [0.2, 0.25) is 0 Å². The second kappa shape index (κ2) is 34.1. The van der Waals surface area contributed by atoms with Gasteiger partial charge in [0.15, 0.2) is 0 Å². The van der Waals surface area contributed by atoms with Crippen molar-refractivity contribution in [3.63, 3.8) is 0 Å². The number of hydrogen-bond donors (Lipinski definition) is 0. The van der Waals surface area contributed by atoms with E-state index in [9.17, 15) is 8.42 Å². The second-order valence-electron chi connectivity index (χ2n) is 15.8. The topological polar surface area (TPSA) is 52.6 Å². The summed E-state index contributed by atoms with van der Waals surface area (Å²) in [6.07, 6.45) is 38.4. The molecule has 6 heteroatoms. The van der Waals surface area contributed by atoms with Crippen molar-refractivity contribution in [2.45, 2.75) is 233 Å². The van der Waals surface area contributed by atoms with Crippen molar-refractivity contribution >= 4 is 40.0 Å². The summed E-state index contributed by atoms with van der Waals surface area (Å²) in [7, 11) is -4.33. The van der Waals surface area contributed by atoms with Crippen molar-refractivity contribution in [3.8, 4) is 11.5 Å². The van der Waals surface area contributed by atoms with E-state index >= 15 is 0 Å². The molecule has 0 fully saturated rings. The third-order valence-electron chi connectivity index (χ3n) is 11.0. The van der Waals surface area contributed by atoms with Crippen molar-refractivity contribution < 1.29 is 16.8 Å². The molecule has 54 heavy (non-hydrogen) atoms. The number of rotatable bonds is 36. The van der Waals surface area contributed by atoms with Crippen molar-refractivity contribution in [1.82, 2.24) is 0 Å². The molecule has 0 atom stereocenters. The standard InChI is InChI=1S/C48H82O4S.Na/c1-5-9-13-17-21-25-29-35-43-37-33-41-47(45(43)39-31-27-23-19-15-11-7-3)51-53(49,50)52-48-42-34-38-44(36-30-26-22-18-14-10-6-2)46(48)40-32-28-24-20-16-12-8-4;/h33-34,37-38,41-42H,5-32,35-36,39-40H2,1-4H3;. The Hall–Kier alpha value is -1.01. The van der Waals surface area contributed by atoms with E-state index in [1.54, 1.807) is 0 Å². The van der Waals surface area contributed by atoms with Crippen LogP contribution in [0.15, 0.2) is 36.4 Å². The number of benzene rings is 2. The molecule has 0 spiro atoms. The molecular weight excluding hydrogens is 696 g/mol. The van der Waals surface area contributed by atoms with Crippen LogP contribution in [0.5, 0.6) is 11.5 Å². The molecule has 0 bridgehead atoms. The first kappa shape index (κ1) is 51.0. The van der Waals surface area contributed by atoms with Crippen molar-refractivity contribution in [2.75, 3.05) is 0 Å². The van der Waals surface area contributed by atoms with Crippen LogP contribution >= 0.6 is 0 Å². The molecule has 0 aliphatic carbocycles. The molecule has 0 aliphatic heterocycles. The first-order valence-electron chi connectivity index (χ1n) is 22.8. The molecule has 305 valence electrons. The average molecular weight is 778 g/mol. The van der Waals surface area contributed by atoms with Crippen molar-refractivity contribution in [1.29, 1.82) is 0 Å². The van der Waals surface area contributed by atoms with E-state index in [0.29, 0.717) is 11.5 Å². The van der Waals surface area contributed by atoms with Crippen LogP contribution in [-0.2, 0) is 36.1 Å². The Morgan fingerprint density at radius 2 is 0.630 bits per heavy atom. The van der Waals surface area contributed by atoms with Gasteiger partial charge in [0.25, 0.3) is 0 Å². The van der Waals surface area contributed by atoms with Gasteiger partial charge in [-0.1, -0.05) is 206 Å². The zero-order valence-corrected chi connectivity index (χ0v) is 38.9. The Morgan fingerprint density at radius 1 is 0.370 bits per heavy atom. The zero-order chi connectivity index (χ0) is 38.2. The molecule has 2 aromatic rings. The van der Waals surface area contributed by atoms with Gasteiger partial charge in [-0.05, 0) is 85.8 Å². The molecule has 0 amide bonds. The summed E-state index contributed by atoms with van der Waals surface area (Å²) in [5.74, 6) is 0.897. The number of aryl methyl sites for hydroxylation is 2. The van der Waals surface area contributed by atoms with Crippen LogP contribution in [0.4, 0.5) is 0 Å². The normalized spacial score (nSPS) is 11.5. The van der Waals surface area contributed by atoms with Gasteiger partial charge in [-0.2, -0.15) is 0 Å². The van der Waals surface area contributed by atoms with Gasteiger partial charge in [0, 0.05) is 29.6 Å². The van der Waals surface area contributed by atoms with Gasteiger partial charge in [0.2, 0.25) is 0 Å². The second-order valence-corrected chi connectivity index (χ2v) is 17.0. The fourth-order valence-corrected chi connectivity index (χ4v) is 8.50. The largest absolute Gasteiger partial charge is 0.501 e. The molecule has 2 aromatic carbocycles. The molecule has 2 rings (SSSR count). The first-order valence-corrected chi connectivity index (χ1v) is 24.1. The van der Waals surface area contributed by atoms with Crippen LogP contribution < -0.4 is 8.37 Å². The summed E-state index contributed by atoms with van der Waals surface area (Å²) in [6.45, 7) is 9.04. The maximum atomic E-state index is 13.8. The van der Waals surface area contributed by atoms with Gasteiger partial charge in [0.1, 0.15) is 11.5 Å². The van der Waals surface area contributed by atoms with Crippen LogP contribution in [0.3, 0.4) is 0 Å². The van der Waals surface area contributed by atoms with E-state index < -0.39 is 10.4 Å². The van der Waals surface area contributed by atoms with Crippen LogP contribution in [0.25, 0.3) is 0 Å². The quantitative estimate of drug-likeness (QED) is 0.0511. The SMILES string of the molecule is CCCCCCCCCc1cccc(OS(=O)(=O)Oc2cccc(CCCCCCCCC)c2CCCCCCCCC)c1CCCCCCCCC.[Na]. The summed E-state index contributed by atoms with van der Waals surface area (Å²) in [5.41, 5.74) is 4.56. The smallest absolute Gasteiger partial charge is 0.353 e. The van der Waals surface area contributed by atoms with Crippen LogP contribution in [0, 0.1) is 0 Å². The summed E-state index contributed by atoms with van der Waals surface area (Å²) in [4.78, 5) is 0.